The van der Waals surface area contributed by atoms with Crippen LogP contribution in [-0.4, -0.2) is 42.0 Å². The molecule has 7 nitrogen and oxygen atoms in total. The van der Waals surface area contributed by atoms with Crippen LogP contribution in [0.15, 0.2) is 53.1 Å². The van der Waals surface area contributed by atoms with Crippen molar-refractivity contribution in [2.24, 2.45) is 0 Å². The summed E-state index contributed by atoms with van der Waals surface area (Å²) in [5.41, 5.74) is 0.331. The number of carbonyl (C=O) groups excluding carboxylic acids is 1. The van der Waals surface area contributed by atoms with Crippen molar-refractivity contribution in [3.8, 4) is 23.3 Å². The summed E-state index contributed by atoms with van der Waals surface area (Å²) in [6, 6.07) is 14.9. The molecule has 1 amide bonds. The Labute approximate surface area is 203 Å². The number of amides is 1. The molecule has 1 fully saturated rings. The summed E-state index contributed by atoms with van der Waals surface area (Å²) in [5, 5.41) is 22.2. The van der Waals surface area contributed by atoms with E-state index in [1.54, 1.807) is 31.4 Å². The highest BCUT2D eigenvalue weighted by Crippen LogP contribution is 2.52. The number of fused-ring (bicyclic) bond motifs is 1. The molecular formula is C26H28N2O5S. The van der Waals surface area contributed by atoms with Crippen molar-refractivity contribution >= 4 is 17.7 Å². The molecule has 1 N–H and O–H groups in total. The van der Waals surface area contributed by atoms with Crippen molar-refractivity contribution in [2.75, 3.05) is 26.1 Å². The molecule has 2 atom stereocenters. The van der Waals surface area contributed by atoms with Crippen LogP contribution in [-0.2, 0) is 10.5 Å². The number of carbonyl (C=O) groups is 1. The van der Waals surface area contributed by atoms with Crippen LogP contribution in [0, 0.1) is 11.3 Å². The first kappa shape index (κ1) is 24.0. The summed E-state index contributed by atoms with van der Waals surface area (Å²) in [5.74, 6) is 1.47. The Balaban J connectivity index is 1.69. The summed E-state index contributed by atoms with van der Waals surface area (Å²) >= 11 is 1.33. The number of ether oxygens (including phenoxy) is 3. The fourth-order valence-corrected chi connectivity index (χ4v) is 5.70. The number of thioether (sulfide) groups is 1. The van der Waals surface area contributed by atoms with Crippen LogP contribution in [0.3, 0.4) is 0 Å². The number of aliphatic hydroxyl groups is 1. The molecule has 4 rings (SSSR count). The maximum absolute atomic E-state index is 13.4. The van der Waals surface area contributed by atoms with Gasteiger partial charge < -0.3 is 19.3 Å². The van der Waals surface area contributed by atoms with Gasteiger partial charge in [0, 0.05) is 17.9 Å². The summed E-state index contributed by atoms with van der Waals surface area (Å²) in [6.07, 6.45) is 0.946. The van der Waals surface area contributed by atoms with E-state index in [0.717, 1.165) is 12.0 Å². The monoisotopic (exact) mass is 480 g/mol. The smallest absolute Gasteiger partial charge is 0.231 e. The summed E-state index contributed by atoms with van der Waals surface area (Å²) in [4.78, 5) is 14.8. The average Bonchev–Trinajstić information content (AvgIpc) is 3.22. The van der Waals surface area contributed by atoms with Crippen LogP contribution in [0.4, 0.5) is 0 Å². The van der Waals surface area contributed by atoms with Gasteiger partial charge in [0.25, 0.3) is 0 Å². The molecule has 178 valence electrons. The lowest BCUT2D eigenvalue weighted by molar-refractivity contribution is -0.149. The lowest BCUT2D eigenvalue weighted by Crippen LogP contribution is -2.48. The maximum atomic E-state index is 13.4. The van der Waals surface area contributed by atoms with E-state index in [9.17, 15) is 15.2 Å². The summed E-state index contributed by atoms with van der Waals surface area (Å²) < 4.78 is 16.7. The minimum atomic E-state index is -1.52. The van der Waals surface area contributed by atoms with E-state index in [4.69, 9.17) is 14.2 Å². The number of rotatable bonds is 8. The number of benzene rings is 2. The zero-order valence-electron chi connectivity index (χ0n) is 19.5. The van der Waals surface area contributed by atoms with Crippen molar-refractivity contribution in [2.45, 2.75) is 38.3 Å². The lowest BCUT2D eigenvalue weighted by atomic mass is 9.85. The molecule has 0 bridgehead atoms. The normalized spacial score (nSPS) is 21.8. The van der Waals surface area contributed by atoms with E-state index in [-0.39, 0.29) is 18.1 Å². The molecule has 0 unspecified atom stereocenters. The molecule has 8 heteroatoms. The first-order chi connectivity index (χ1) is 16.5. The molecule has 2 heterocycles. The Morgan fingerprint density at radius 1 is 1.18 bits per heavy atom. The Bertz CT molecular complexity index is 1140. The van der Waals surface area contributed by atoms with E-state index in [0.29, 0.717) is 46.6 Å². The predicted octanol–water partition coefficient (Wildman–Crippen LogP) is 4.53. The maximum Gasteiger partial charge on any atom is 0.231 e. The zero-order valence-corrected chi connectivity index (χ0v) is 20.4. The van der Waals surface area contributed by atoms with Gasteiger partial charge in [-0.15, -0.1) is 11.8 Å². The van der Waals surface area contributed by atoms with Gasteiger partial charge in [-0.1, -0.05) is 25.1 Å². The van der Waals surface area contributed by atoms with E-state index in [2.05, 4.69) is 6.07 Å². The second-order valence-electron chi connectivity index (χ2n) is 8.14. The van der Waals surface area contributed by atoms with Crippen LogP contribution < -0.4 is 14.2 Å². The third kappa shape index (κ3) is 4.22. The molecule has 34 heavy (non-hydrogen) atoms. The van der Waals surface area contributed by atoms with Gasteiger partial charge >= 0.3 is 0 Å². The summed E-state index contributed by atoms with van der Waals surface area (Å²) in [6.45, 7) is 5.04. The minimum absolute atomic E-state index is 0.0740. The standard InChI is InChI=1S/C26H28N2O5S/c1-4-12-33-22-11-6-17(13-23(22)31-3)20-14-24(29)28-25(21(20)15-27)34-16-26(28,30)18-7-9-19(10-8-18)32-5-2/h6-11,13,20,30H,4-5,12,14,16H2,1-3H3/t20-,26+/m1/s1. The average molecular weight is 481 g/mol. The number of hydrogen-bond acceptors (Lipinski definition) is 7. The van der Waals surface area contributed by atoms with Gasteiger partial charge in [0.15, 0.2) is 17.2 Å². The van der Waals surface area contributed by atoms with Crippen molar-refractivity contribution < 1.29 is 24.1 Å². The molecule has 0 saturated carbocycles. The Kier molecular flexibility index (Phi) is 7.05. The zero-order chi connectivity index (χ0) is 24.3. The fraction of sp³-hybridized carbons (Fsp3) is 0.385. The molecule has 1 saturated heterocycles. The highest BCUT2D eigenvalue weighted by molar-refractivity contribution is 8.03. The molecule has 2 aromatic carbocycles. The van der Waals surface area contributed by atoms with Crippen molar-refractivity contribution in [3.63, 3.8) is 0 Å². The van der Waals surface area contributed by atoms with Gasteiger partial charge in [0.05, 0.1) is 42.7 Å². The van der Waals surface area contributed by atoms with Crippen LogP contribution in [0.25, 0.3) is 0 Å². The lowest BCUT2D eigenvalue weighted by Gasteiger charge is -2.38. The first-order valence-corrected chi connectivity index (χ1v) is 12.3. The van der Waals surface area contributed by atoms with Crippen LogP contribution >= 0.6 is 11.8 Å². The van der Waals surface area contributed by atoms with Gasteiger partial charge in [0.2, 0.25) is 5.91 Å². The topological polar surface area (TPSA) is 92.0 Å². The van der Waals surface area contributed by atoms with Crippen LogP contribution in [0.5, 0.6) is 17.2 Å². The fourth-order valence-electron chi connectivity index (χ4n) is 4.34. The van der Waals surface area contributed by atoms with Crippen LogP contribution in [0.2, 0.25) is 0 Å². The third-order valence-corrected chi connectivity index (χ3v) is 7.21. The molecule has 0 aromatic heterocycles. The molecule has 0 aliphatic carbocycles. The van der Waals surface area contributed by atoms with Gasteiger partial charge in [-0.3, -0.25) is 9.69 Å². The minimum Gasteiger partial charge on any atom is -0.494 e. The van der Waals surface area contributed by atoms with E-state index < -0.39 is 11.6 Å². The van der Waals surface area contributed by atoms with Crippen molar-refractivity contribution in [1.82, 2.24) is 4.90 Å². The van der Waals surface area contributed by atoms with E-state index in [1.807, 2.05) is 32.0 Å². The van der Waals surface area contributed by atoms with Crippen molar-refractivity contribution in [1.29, 1.82) is 5.26 Å². The summed E-state index contributed by atoms with van der Waals surface area (Å²) in [7, 11) is 1.57. The molecule has 0 spiro atoms. The first-order valence-electron chi connectivity index (χ1n) is 11.3. The molecule has 0 radical (unpaired) electrons. The van der Waals surface area contributed by atoms with E-state index in [1.165, 1.54) is 16.7 Å². The van der Waals surface area contributed by atoms with Gasteiger partial charge in [0.1, 0.15) is 5.75 Å². The molecule has 2 aliphatic rings. The number of hydrogen-bond donors (Lipinski definition) is 1. The van der Waals surface area contributed by atoms with Crippen molar-refractivity contribution in [3.05, 3.63) is 64.2 Å². The molecule has 2 aliphatic heterocycles. The van der Waals surface area contributed by atoms with Gasteiger partial charge in [-0.2, -0.15) is 5.26 Å². The Hall–Kier alpha value is -3.15. The quantitative estimate of drug-likeness (QED) is 0.594. The third-order valence-electron chi connectivity index (χ3n) is 5.99. The Morgan fingerprint density at radius 2 is 1.94 bits per heavy atom. The highest BCUT2D eigenvalue weighted by Gasteiger charge is 2.51. The predicted molar refractivity (Wildman–Crippen MR) is 130 cm³/mol. The number of allylic oxidation sites excluding steroid dienone is 1. The number of methoxy groups -OCH3 is 1. The highest BCUT2D eigenvalue weighted by atomic mass is 32.2. The molecule has 2 aromatic rings. The second kappa shape index (κ2) is 10.00. The SMILES string of the molecule is CCCOc1ccc([C@H]2CC(=O)N3C(=C2C#N)SC[C@]3(O)c2ccc(OCC)cc2)cc1OC. The molecular weight excluding hydrogens is 452 g/mol. The van der Waals surface area contributed by atoms with Gasteiger partial charge in [-0.05, 0) is 43.2 Å². The number of nitrogens with zero attached hydrogens (tertiary/aromatic N) is 2. The Morgan fingerprint density at radius 3 is 2.59 bits per heavy atom. The van der Waals surface area contributed by atoms with Crippen LogP contribution in [0.1, 0.15) is 43.7 Å². The van der Waals surface area contributed by atoms with Gasteiger partial charge in [-0.25, -0.2) is 0 Å². The second-order valence-corrected chi connectivity index (χ2v) is 9.10. The number of nitriles is 1. The largest absolute Gasteiger partial charge is 0.494 e. The van der Waals surface area contributed by atoms with E-state index >= 15 is 0 Å².